The molecule has 0 radical (unpaired) electrons. The molecule has 0 aromatic heterocycles. The second kappa shape index (κ2) is 6.59. The van der Waals surface area contributed by atoms with Crippen LogP contribution in [0.5, 0.6) is 0 Å². The van der Waals surface area contributed by atoms with Crippen molar-refractivity contribution in [2.75, 3.05) is 31.9 Å². The highest BCUT2D eigenvalue weighted by atomic mass is 32.2. The number of carbonyl (C=O) groups is 1. The number of carbonyl (C=O) groups excluding carboxylic acids is 1. The molecule has 6 nitrogen and oxygen atoms in total. The topological polar surface area (TPSA) is 83.7 Å². The fraction of sp³-hybridized carbons (Fsp3) is 0.562. The molecule has 0 saturated carbocycles. The highest BCUT2D eigenvalue weighted by Gasteiger charge is 2.36. The number of sulfonamides is 1. The number of benzene rings is 1. The summed E-state index contributed by atoms with van der Waals surface area (Å²) >= 11 is 0. The summed E-state index contributed by atoms with van der Waals surface area (Å²) in [5.41, 5.74) is 7.33. The van der Waals surface area contributed by atoms with Gasteiger partial charge in [-0.05, 0) is 18.4 Å². The van der Waals surface area contributed by atoms with Gasteiger partial charge >= 0.3 is 0 Å². The average Bonchev–Trinajstić information content (AvgIpc) is 2.92. The fourth-order valence-corrected chi connectivity index (χ4v) is 4.90. The molecule has 1 amide bonds. The van der Waals surface area contributed by atoms with Gasteiger partial charge in [-0.2, -0.15) is 4.31 Å². The molecular weight excluding hydrogens is 314 g/mol. The molecule has 0 aliphatic carbocycles. The lowest BCUT2D eigenvalue weighted by molar-refractivity contribution is -0.130. The summed E-state index contributed by atoms with van der Waals surface area (Å²) in [6, 6.07) is 9.81. The van der Waals surface area contributed by atoms with Crippen molar-refractivity contribution < 1.29 is 13.2 Å². The van der Waals surface area contributed by atoms with Crippen LogP contribution < -0.4 is 5.73 Å². The Labute approximate surface area is 137 Å². The molecule has 2 fully saturated rings. The molecule has 1 aromatic rings. The van der Waals surface area contributed by atoms with E-state index >= 15 is 0 Å². The van der Waals surface area contributed by atoms with Crippen molar-refractivity contribution in [3.63, 3.8) is 0 Å². The zero-order valence-corrected chi connectivity index (χ0v) is 13.9. The van der Waals surface area contributed by atoms with E-state index in [0.717, 1.165) is 12.0 Å². The smallest absolute Gasteiger partial charge is 0.237 e. The molecule has 2 aliphatic heterocycles. The third-order valence-electron chi connectivity index (χ3n) is 4.71. The zero-order chi connectivity index (χ0) is 16.4. The summed E-state index contributed by atoms with van der Waals surface area (Å²) in [5.74, 6) is 0.106. The third kappa shape index (κ3) is 3.57. The molecule has 1 aromatic carbocycles. The molecule has 2 aliphatic rings. The largest absolute Gasteiger partial charge is 0.339 e. The van der Waals surface area contributed by atoms with Gasteiger partial charge in [0.1, 0.15) is 0 Å². The molecule has 2 saturated heterocycles. The zero-order valence-electron chi connectivity index (χ0n) is 13.1. The number of nitrogens with zero attached hydrogens (tertiary/aromatic N) is 2. The first-order chi connectivity index (χ1) is 11.0. The summed E-state index contributed by atoms with van der Waals surface area (Å²) in [6.45, 7) is 1.41. The molecule has 0 unspecified atom stereocenters. The lowest BCUT2D eigenvalue weighted by atomic mass is 9.95. The van der Waals surface area contributed by atoms with Crippen molar-refractivity contribution in [3.05, 3.63) is 35.9 Å². The molecule has 126 valence electrons. The Hall–Kier alpha value is -1.44. The molecule has 2 heterocycles. The van der Waals surface area contributed by atoms with Gasteiger partial charge in [0.25, 0.3) is 0 Å². The summed E-state index contributed by atoms with van der Waals surface area (Å²) in [5, 5.41) is 0. The SMILES string of the molecule is N[C@@H]1CN(C(=O)CN2CCCCS2(=O)=O)C[C@H]1c1ccccc1. The minimum Gasteiger partial charge on any atom is -0.339 e. The maximum atomic E-state index is 12.5. The Morgan fingerprint density at radius 1 is 1.17 bits per heavy atom. The Bertz CT molecular complexity index is 662. The van der Waals surface area contributed by atoms with Crippen molar-refractivity contribution in [2.45, 2.75) is 24.8 Å². The number of rotatable bonds is 3. The lowest BCUT2D eigenvalue weighted by Crippen LogP contribution is -2.45. The van der Waals surface area contributed by atoms with Crippen LogP contribution in [0.3, 0.4) is 0 Å². The van der Waals surface area contributed by atoms with Crippen molar-refractivity contribution >= 4 is 15.9 Å². The van der Waals surface area contributed by atoms with E-state index in [0.29, 0.717) is 26.1 Å². The first-order valence-corrected chi connectivity index (χ1v) is 9.64. The van der Waals surface area contributed by atoms with Crippen LogP contribution in [0.25, 0.3) is 0 Å². The quantitative estimate of drug-likeness (QED) is 0.863. The van der Waals surface area contributed by atoms with Gasteiger partial charge in [-0.25, -0.2) is 8.42 Å². The number of nitrogens with two attached hydrogens (primary N) is 1. The fourth-order valence-electron chi connectivity index (χ4n) is 3.35. The van der Waals surface area contributed by atoms with Crippen molar-refractivity contribution in [1.29, 1.82) is 0 Å². The molecule has 23 heavy (non-hydrogen) atoms. The van der Waals surface area contributed by atoms with Gasteiger partial charge in [0, 0.05) is 31.6 Å². The summed E-state index contributed by atoms with van der Waals surface area (Å²) in [6.07, 6.45) is 1.50. The lowest BCUT2D eigenvalue weighted by Gasteiger charge is -2.27. The third-order valence-corrected chi connectivity index (χ3v) is 6.61. The standard InChI is InChI=1S/C16H23N3O3S/c17-15-11-18(10-14(15)13-6-2-1-3-7-13)16(20)12-19-8-4-5-9-23(19,21)22/h1-3,6-7,14-15H,4-5,8-12,17H2/t14-,15+/m0/s1. The molecule has 3 rings (SSSR count). The predicted octanol–water partition coefficient (Wildman–Crippen LogP) is 0.365. The monoisotopic (exact) mass is 337 g/mol. The Kier molecular flexibility index (Phi) is 4.70. The summed E-state index contributed by atoms with van der Waals surface area (Å²) in [4.78, 5) is 14.2. The van der Waals surface area contributed by atoms with E-state index in [9.17, 15) is 13.2 Å². The van der Waals surface area contributed by atoms with Gasteiger partial charge in [0.15, 0.2) is 0 Å². The first-order valence-electron chi connectivity index (χ1n) is 8.03. The van der Waals surface area contributed by atoms with Crippen molar-refractivity contribution in [3.8, 4) is 0 Å². The Morgan fingerprint density at radius 3 is 2.61 bits per heavy atom. The van der Waals surface area contributed by atoms with Crippen LogP contribution in [0.2, 0.25) is 0 Å². The number of likely N-dealkylation sites (tertiary alicyclic amines) is 1. The van der Waals surface area contributed by atoms with Crippen LogP contribution in [0.1, 0.15) is 24.3 Å². The van der Waals surface area contributed by atoms with Crippen LogP contribution in [0, 0.1) is 0 Å². The van der Waals surface area contributed by atoms with E-state index in [4.69, 9.17) is 5.73 Å². The minimum absolute atomic E-state index is 0.0590. The second-order valence-corrected chi connectivity index (χ2v) is 8.42. The number of hydrogen-bond acceptors (Lipinski definition) is 4. The normalized spacial score (nSPS) is 28.0. The van der Waals surface area contributed by atoms with E-state index in [2.05, 4.69) is 0 Å². The van der Waals surface area contributed by atoms with Crippen LogP contribution >= 0.6 is 0 Å². The van der Waals surface area contributed by atoms with E-state index in [1.165, 1.54) is 4.31 Å². The first kappa shape index (κ1) is 16.4. The van der Waals surface area contributed by atoms with Gasteiger partial charge in [-0.15, -0.1) is 0 Å². The molecule has 2 atom stereocenters. The highest BCUT2D eigenvalue weighted by Crippen LogP contribution is 2.26. The highest BCUT2D eigenvalue weighted by molar-refractivity contribution is 7.89. The molecule has 0 spiro atoms. The van der Waals surface area contributed by atoms with Gasteiger partial charge in [-0.1, -0.05) is 30.3 Å². The van der Waals surface area contributed by atoms with Crippen LogP contribution in [-0.4, -0.2) is 61.5 Å². The summed E-state index contributed by atoms with van der Waals surface area (Å²) < 4.78 is 25.3. The van der Waals surface area contributed by atoms with E-state index < -0.39 is 10.0 Å². The van der Waals surface area contributed by atoms with Crippen LogP contribution in [-0.2, 0) is 14.8 Å². The molecule has 0 bridgehead atoms. The maximum Gasteiger partial charge on any atom is 0.237 e. The van der Waals surface area contributed by atoms with Crippen molar-refractivity contribution in [2.24, 2.45) is 5.73 Å². The van der Waals surface area contributed by atoms with E-state index in [1.54, 1.807) is 4.90 Å². The number of amides is 1. The van der Waals surface area contributed by atoms with E-state index in [1.807, 2.05) is 30.3 Å². The molecule has 7 heteroatoms. The maximum absolute atomic E-state index is 12.5. The predicted molar refractivity (Wildman–Crippen MR) is 88.3 cm³/mol. The second-order valence-electron chi connectivity index (χ2n) is 6.34. The molecule has 2 N–H and O–H groups in total. The average molecular weight is 337 g/mol. The van der Waals surface area contributed by atoms with Gasteiger partial charge in [-0.3, -0.25) is 4.79 Å². The Balaban J connectivity index is 1.65. The van der Waals surface area contributed by atoms with Gasteiger partial charge < -0.3 is 10.6 Å². The number of hydrogen-bond donors (Lipinski definition) is 1. The van der Waals surface area contributed by atoms with Crippen LogP contribution in [0.4, 0.5) is 0 Å². The molecular formula is C16H23N3O3S. The van der Waals surface area contributed by atoms with Gasteiger partial charge in [0.2, 0.25) is 15.9 Å². The van der Waals surface area contributed by atoms with Gasteiger partial charge in [0.05, 0.1) is 12.3 Å². The van der Waals surface area contributed by atoms with E-state index in [-0.39, 0.29) is 30.2 Å². The summed E-state index contributed by atoms with van der Waals surface area (Å²) in [7, 11) is -3.27. The van der Waals surface area contributed by atoms with Crippen molar-refractivity contribution in [1.82, 2.24) is 9.21 Å². The minimum atomic E-state index is -3.27. The van der Waals surface area contributed by atoms with Crippen LogP contribution in [0.15, 0.2) is 30.3 Å². The Morgan fingerprint density at radius 2 is 1.91 bits per heavy atom.